The van der Waals surface area contributed by atoms with Gasteiger partial charge in [-0.2, -0.15) is 0 Å². The van der Waals surface area contributed by atoms with Crippen molar-refractivity contribution in [3.63, 3.8) is 0 Å². The molecule has 0 bridgehead atoms. The fourth-order valence-electron chi connectivity index (χ4n) is 1.74. The summed E-state index contributed by atoms with van der Waals surface area (Å²) in [5.74, 6) is 0.700. The minimum absolute atomic E-state index is 0.0928. The van der Waals surface area contributed by atoms with Crippen molar-refractivity contribution in [2.24, 2.45) is 0 Å². The topological polar surface area (TPSA) is 71.1 Å². The fourth-order valence-corrected chi connectivity index (χ4v) is 3.05. The van der Waals surface area contributed by atoms with Crippen LogP contribution in [0.2, 0.25) is 5.02 Å². The molecule has 0 radical (unpaired) electrons. The molecule has 2 N–H and O–H groups in total. The summed E-state index contributed by atoms with van der Waals surface area (Å²) < 4.78 is 25.8. The summed E-state index contributed by atoms with van der Waals surface area (Å²) in [6.07, 6.45) is 2.04. The number of rotatable bonds is 6. The number of halogens is 1. The molecule has 0 aliphatic carbocycles. The second-order valence-electron chi connectivity index (χ2n) is 4.49. The molecule has 1 aromatic heterocycles. The van der Waals surface area contributed by atoms with E-state index in [4.69, 9.17) is 11.6 Å². The normalized spacial score (nSPS) is 11.1. The minimum Gasteiger partial charge on any atom is -0.340 e. The molecular weight excluding hydrogens is 310 g/mol. The molecule has 0 saturated heterocycles. The van der Waals surface area contributed by atoms with Crippen molar-refractivity contribution in [1.29, 1.82) is 0 Å². The van der Waals surface area contributed by atoms with Gasteiger partial charge < -0.3 is 5.32 Å². The van der Waals surface area contributed by atoms with E-state index in [1.54, 1.807) is 24.3 Å². The molecule has 7 heteroatoms. The van der Waals surface area contributed by atoms with Crippen molar-refractivity contribution >= 4 is 38.8 Å². The molecule has 1 heterocycles. The van der Waals surface area contributed by atoms with Crippen molar-refractivity contribution in [3.05, 3.63) is 47.6 Å². The van der Waals surface area contributed by atoms with Crippen LogP contribution in [-0.2, 0) is 10.0 Å². The third-order valence-electron chi connectivity index (χ3n) is 2.61. The quantitative estimate of drug-likeness (QED) is 0.850. The lowest BCUT2D eigenvalue weighted by Gasteiger charge is -2.09. The van der Waals surface area contributed by atoms with Gasteiger partial charge in [0.1, 0.15) is 5.82 Å². The van der Waals surface area contributed by atoms with Gasteiger partial charge >= 0.3 is 0 Å². The van der Waals surface area contributed by atoms with Gasteiger partial charge in [0, 0.05) is 10.7 Å². The highest BCUT2D eigenvalue weighted by Crippen LogP contribution is 2.20. The van der Waals surface area contributed by atoms with Crippen LogP contribution in [0.3, 0.4) is 0 Å². The van der Waals surface area contributed by atoms with Crippen LogP contribution in [0.1, 0.15) is 13.3 Å². The summed E-state index contributed by atoms with van der Waals surface area (Å²) in [5, 5.41) is 3.72. The van der Waals surface area contributed by atoms with Crippen LogP contribution in [0.4, 0.5) is 17.2 Å². The van der Waals surface area contributed by atoms with Gasteiger partial charge in [0.25, 0.3) is 0 Å². The van der Waals surface area contributed by atoms with E-state index in [0.717, 1.165) is 5.69 Å². The molecule has 5 nitrogen and oxygen atoms in total. The lowest BCUT2D eigenvalue weighted by Crippen LogP contribution is -2.16. The van der Waals surface area contributed by atoms with E-state index in [-0.39, 0.29) is 5.75 Å². The number of nitrogens with one attached hydrogen (secondary N) is 2. The summed E-state index contributed by atoms with van der Waals surface area (Å²) >= 11 is 5.90. The Kier molecular flexibility index (Phi) is 5.03. The Balaban J connectivity index is 2.05. The molecule has 0 atom stereocenters. The van der Waals surface area contributed by atoms with E-state index in [1.807, 2.05) is 19.1 Å². The monoisotopic (exact) mass is 325 g/mol. The molecule has 21 heavy (non-hydrogen) atoms. The zero-order valence-corrected chi connectivity index (χ0v) is 13.1. The van der Waals surface area contributed by atoms with Gasteiger partial charge in [-0.3, -0.25) is 4.72 Å². The largest absolute Gasteiger partial charge is 0.340 e. The number of anilines is 3. The van der Waals surface area contributed by atoms with Crippen LogP contribution in [0.5, 0.6) is 0 Å². The second-order valence-corrected chi connectivity index (χ2v) is 6.77. The Morgan fingerprint density at radius 3 is 2.62 bits per heavy atom. The molecule has 0 aliphatic rings. The highest BCUT2D eigenvalue weighted by molar-refractivity contribution is 7.92. The van der Waals surface area contributed by atoms with E-state index in [0.29, 0.717) is 22.9 Å². The minimum atomic E-state index is -3.29. The van der Waals surface area contributed by atoms with Crippen LogP contribution >= 0.6 is 11.6 Å². The SMILES string of the molecule is CCCS(=O)(=O)Nc1ccc(Nc2cccc(Cl)c2)nc1. The number of aromatic nitrogens is 1. The molecule has 0 fully saturated rings. The number of pyridine rings is 1. The van der Waals surface area contributed by atoms with Gasteiger partial charge in [-0.25, -0.2) is 13.4 Å². The van der Waals surface area contributed by atoms with Crippen LogP contribution in [-0.4, -0.2) is 19.2 Å². The standard InChI is InChI=1S/C14H16ClN3O2S/c1-2-8-21(19,20)18-13-6-7-14(16-10-13)17-12-5-3-4-11(15)9-12/h3-7,9-10,18H,2,8H2,1H3,(H,16,17). The highest BCUT2D eigenvalue weighted by Gasteiger charge is 2.08. The number of sulfonamides is 1. The second kappa shape index (κ2) is 6.78. The average Bonchev–Trinajstić information content (AvgIpc) is 2.40. The Hall–Kier alpha value is -1.79. The van der Waals surface area contributed by atoms with E-state index >= 15 is 0 Å². The van der Waals surface area contributed by atoms with Gasteiger partial charge in [0.05, 0.1) is 17.6 Å². The van der Waals surface area contributed by atoms with Crippen molar-refractivity contribution in [1.82, 2.24) is 4.98 Å². The Labute approximate surface area is 129 Å². The van der Waals surface area contributed by atoms with E-state index in [2.05, 4.69) is 15.0 Å². The maximum Gasteiger partial charge on any atom is 0.232 e. The number of hydrogen-bond donors (Lipinski definition) is 2. The molecule has 0 unspecified atom stereocenters. The van der Waals surface area contributed by atoms with E-state index < -0.39 is 10.0 Å². The first kappa shape index (κ1) is 15.6. The Morgan fingerprint density at radius 1 is 1.19 bits per heavy atom. The molecule has 1 aromatic carbocycles. The fraction of sp³-hybridized carbons (Fsp3) is 0.214. The third kappa shape index (κ3) is 4.91. The van der Waals surface area contributed by atoms with E-state index in [9.17, 15) is 8.42 Å². The summed E-state index contributed by atoms with van der Waals surface area (Å²) in [5.41, 5.74) is 1.26. The zero-order chi connectivity index (χ0) is 15.3. The van der Waals surface area contributed by atoms with Crippen LogP contribution in [0, 0.1) is 0 Å². The predicted octanol–water partition coefficient (Wildman–Crippen LogP) is 3.63. The molecule has 0 spiro atoms. The van der Waals surface area contributed by atoms with Crippen LogP contribution < -0.4 is 10.0 Å². The highest BCUT2D eigenvalue weighted by atomic mass is 35.5. The summed E-state index contributed by atoms with van der Waals surface area (Å²) in [4.78, 5) is 4.17. The first-order valence-electron chi connectivity index (χ1n) is 6.47. The first-order chi connectivity index (χ1) is 9.98. The van der Waals surface area contributed by atoms with Crippen molar-refractivity contribution in [3.8, 4) is 0 Å². The van der Waals surface area contributed by atoms with Gasteiger partial charge in [0.2, 0.25) is 10.0 Å². The zero-order valence-electron chi connectivity index (χ0n) is 11.5. The van der Waals surface area contributed by atoms with Gasteiger partial charge in [-0.1, -0.05) is 24.6 Å². The summed E-state index contributed by atoms with van der Waals surface area (Å²) in [6.45, 7) is 1.81. The Bertz CT molecular complexity index is 702. The predicted molar refractivity (Wildman–Crippen MR) is 86.7 cm³/mol. The van der Waals surface area contributed by atoms with Crippen molar-refractivity contribution in [2.75, 3.05) is 15.8 Å². The smallest absolute Gasteiger partial charge is 0.232 e. The van der Waals surface area contributed by atoms with Crippen molar-refractivity contribution < 1.29 is 8.42 Å². The molecule has 2 rings (SSSR count). The first-order valence-corrected chi connectivity index (χ1v) is 8.50. The van der Waals surface area contributed by atoms with E-state index in [1.165, 1.54) is 6.20 Å². The maximum atomic E-state index is 11.6. The third-order valence-corrected chi connectivity index (χ3v) is 4.33. The van der Waals surface area contributed by atoms with Gasteiger partial charge in [-0.15, -0.1) is 0 Å². The van der Waals surface area contributed by atoms with Gasteiger partial charge in [0.15, 0.2) is 0 Å². The van der Waals surface area contributed by atoms with Gasteiger partial charge in [-0.05, 0) is 36.8 Å². The average molecular weight is 326 g/mol. The lowest BCUT2D eigenvalue weighted by atomic mass is 10.3. The molecule has 0 saturated carbocycles. The molecule has 0 amide bonds. The van der Waals surface area contributed by atoms with Crippen LogP contribution in [0.25, 0.3) is 0 Å². The molecule has 2 aromatic rings. The number of hydrogen-bond acceptors (Lipinski definition) is 4. The summed E-state index contributed by atoms with van der Waals surface area (Å²) in [7, 11) is -3.29. The van der Waals surface area contributed by atoms with Crippen LogP contribution in [0.15, 0.2) is 42.6 Å². The number of nitrogens with zero attached hydrogens (tertiary/aromatic N) is 1. The molecular formula is C14H16ClN3O2S. The summed E-state index contributed by atoms with van der Waals surface area (Å²) in [6, 6.07) is 10.6. The molecule has 112 valence electrons. The van der Waals surface area contributed by atoms with Crippen molar-refractivity contribution in [2.45, 2.75) is 13.3 Å². The number of benzene rings is 1. The molecule has 0 aliphatic heterocycles. The maximum absolute atomic E-state index is 11.6. The lowest BCUT2D eigenvalue weighted by molar-refractivity contribution is 0.600. The Morgan fingerprint density at radius 2 is 2.00 bits per heavy atom.